The smallest absolute Gasteiger partial charge is 0.323 e. The molecule has 2 amide bonds. The van der Waals surface area contributed by atoms with Crippen LogP contribution in [0.5, 0.6) is 0 Å². The Morgan fingerprint density at radius 3 is 2.39 bits per heavy atom. The molecule has 1 aromatic carbocycles. The number of amides is 2. The van der Waals surface area contributed by atoms with Crippen LogP contribution >= 0.6 is 11.6 Å². The molecule has 0 saturated carbocycles. The van der Waals surface area contributed by atoms with Crippen LogP contribution in [0.15, 0.2) is 18.2 Å². The number of carbonyl (C=O) groups is 3. The van der Waals surface area contributed by atoms with Gasteiger partial charge in [0.15, 0.2) is 0 Å². The normalized spacial score (nSPS) is 11.0. The van der Waals surface area contributed by atoms with Crippen molar-refractivity contribution in [2.24, 2.45) is 5.41 Å². The number of carbonyl (C=O) groups excluding carboxylic acids is 2. The Bertz CT molecular complexity index is 623. The number of hydrogen-bond acceptors (Lipinski definition) is 3. The third kappa shape index (κ3) is 6.28. The van der Waals surface area contributed by atoms with E-state index in [2.05, 4.69) is 5.32 Å². The Kier molecular flexibility index (Phi) is 6.15. The van der Waals surface area contributed by atoms with Crippen molar-refractivity contribution >= 4 is 35.1 Å². The van der Waals surface area contributed by atoms with Crippen LogP contribution in [0.4, 0.5) is 5.69 Å². The highest BCUT2D eigenvalue weighted by molar-refractivity contribution is 6.34. The molecular weight excluding hydrogens is 320 g/mol. The Hall–Kier alpha value is -2.08. The van der Waals surface area contributed by atoms with Crippen LogP contribution in [0.1, 0.15) is 37.6 Å². The molecule has 0 spiro atoms. The highest BCUT2D eigenvalue weighted by Gasteiger charge is 2.19. The van der Waals surface area contributed by atoms with Crippen molar-refractivity contribution in [3.8, 4) is 0 Å². The molecule has 0 unspecified atom stereocenters. The molecule has 0 aliphatic rings. The summed E-state index contributed by atoms with van der Waals surface area (Å²) in [5, 5.41) is 11.7. The third-order valence-corrected chi connectivity index (χ3v) is 3.22. The van der Waals surface area contributed by atoms with Crippen molar-refractivity contribution in [2.45, 2.75) is 27.2 Å². The van der Waals surface area contributed by atoms with E-state index in [-0.39, 0.29) is 21.9 Å². The van der Waals surface area contributed by atoms with Crippen molar-refractivity contribution in [3.05, 3.63) is 28.8 Å². The number of halogens is 1. The first-order chi connectivity index (χ1) is 10.5. The summed E-state index contributed by atoms with van der Waals surface area (Å²) in [4.78, 5) is 35.9. The Morgan fingerprint density at radius 2 is 1.87 bits per heavy atom. The highest BCUT2D eigenvalue weighted by Crippen LogP contribution is 2.24. The summed E-state index contributed by atoms with van der Waals surface area (Å²) in [6, 6.07) is 4.54. The molecule has 1 rings (SSSR count). The number of carboxylic acid groups (broad SMARTS) is 1. The zero-order chi connectivity index (χ0) is 17.8. The van der Waals surface area contributed by atoms with Crippen molar-refractivity contribution in [1.82, 2.24) is 4.90 Å². The number of likely N-dealkylation sites (N-methyl/N-ethyl adjacent to an activating group) is 1. The maximum atomic E-state index is 12.2. The van der Waals surface area contributed by atoms with Gasteiger partial charge >= 0.3 is 5.97 Å². The average molecular weight is 341 g/mol. The molecule has 126 valence electrons. The van der Waals surface area contributed by atoms with Crippen molar-refractivity contribution in [2.75, 3.05) is 18.9 Å². The minimum atomic E-state index is -1.12. The molecular formula is C16H21ClN2O4. The average Bonchev–Trinajstić information content (AvgIpc) is 2.37. The molecule has 0 aliphatic carbocycles. The van der Waals surface area contributed by atoms with Gasteiger partial charge in [0.2, 0.25) is 5.91 Å². The van der Waals surface area contributed by atoms with E-state index in [1.54, 1.807) is 6.07 Å². The lowest BCUT2D eigenvalue weighted by Gasteiger charge is -2.18. The van der Waals surface area contributed by atoms with Gasteiger partial charge in [-0.2, -0.15) is 0 Å². The van der Waals surface area contributed by atoms with E-state index in [0.29, 0.717) is 12.1 Å². The van der Waals surface area contributed by atoms with Crippen molar-refractivity contribution < 1.29 is 19.5 Å². The first-order valence-electron chi connectivity index (χ1n) is 7.06. The quantitative estimate of drug-likeness (QED) is 0.862. The molecule has 0 heterocycles. The predicted molar refractivity (Wildman–Crippen MR) is 88.8 cm³/mol. The summed E-state index contributed by atoms with van der Waals surface area (Å²) in [5.41, 5.74) is 0.427. The fraction of sp³-hybridized carbons (Fsp3) is 0.438. The molecule has 1 aromatic rings. The second-order valence-electron chi connectivity index (χ2n) is 6.54. The number of rotatable bonds is 5. The number of nitrogens with one attached hydrogen (secondary N) is 1. The van der Waals surface area contributed by atoms with Crippen LogP contribution in [-0.4, -0.2) is 41.4 Å². The standard InChI is InChI=1S/C16H21ClN2O4/c1-16(2,3)8-13(20)18-10-5-6-12(17)11(7-10)15(23)19(4)9-14(21)22/h5-7H,8-9H2,1-4H3,(H,18,20)(H,21,22). The molecule has 0 aliphatic heterocycles. The number of anilines is 1. The SMILES string of the molecule is CN(CC(=O)O)C(=O)c1cc(NC(=O)CC(C)(C)C)ccc1Cl. The number of hydrogen-bond donors (Lipinski definition) is 2. The second-order valence-corrected chi connectivity index (χ2v) is 6.94. The van der Waals surface area contributed by atoms with E-state index in [1.807, 2.05) is 20.8 Å². The van der Waals surface area contributed by atoms with E-state index >= 15 is 0 Å². The van der Waals surface area contributed by atoms with E-state index in [4.69, 9.17) is 16.7 Å². The summed E-state index contributed by atoms with van der Waals surface area (Å²) in [6.45, 7) is 5.41. The molecule has 23 heavy (non-hydrogen) atoms. The molecule has 0 aromatic heterocycles. The lowest BCUT2D eigenvalue weighted by atomic mass is 9.92. The van der Waals surface area contributed by atoms with E-state index in [9.17, 15) is 14.4 Å². The summed E-state index contributed by atoms with van der Waals surface area (Å²) in [5.74, 6) is -1.81. The summed E-state index contributed by atoms with van der Waals surface area (Å²) >= 11 is 6.01. The zero-order valence-corrected chi connectivity index (χ0v) is 14.4. The molecule has 0 fully saturated rings. The van der Waals surface area contributed by atoms with Gasteiger partial charge in [0.05, 0.1) is 10.6 Å². The second kappa shape index (κ2) is 7.46. The van der Waals surface area contributed by atoms with Gasteiger partial charge in [0, 0.05) is 19.2 Å². The van der Waals surface area contributed by atoms with Gasteiger partial charge in [0.25, 0.3) is 5.91 Å². The van der Waals surface area contributed by atoms with Crippen LogP contribution in [0, 0.1) is 5.41 Å². The molecule has 6 nitrogen and oxygen atoms in total. The monoisotopic (exact) mass is 340 g/mol. The summed E-state index contributed by atoms with van der Waals surface area (Å²) in [6.07, 6.45) is 0.331. The Balaban J connectivity index is 2.93. The molecule has 2 N–H and O–H groups in total. The lowest BCUT2D eigenvalue weighted by molar-refractivity contribution is -0.137. The fourth-order valence-corrected chi connectivity index (χ4v) is 2.13. The van der Waals surface area contributed by atoms with Gasteiger partial charge in [-0.25, -0.2) is 0 Å². The fourth-order valence-electron chi connectivity index (χ4n) is 1.93. The summed E-state index contributed by atoms with van der Waals surface area (Å²) in [7, 11) is 1.37. The number of carboxylic acids is 1. The number of aliphatic carboxylic acids is 1. The molecule has 7 heteroatoms. The number of benzene rings is 1. The Labute approximate surface area is 140 Å². The molecule has 0 bridgehead atoms. The van der Waals surface area contributed by atoms with Gasteiger partial charge in [-0.3, -0.25) is 14.4 Å². The van der Waals surface area contributed by atoms with E-state index in [0.717, 1.165) is 4.90 Å². The summed E-state index contributed by atoms with van der Waals surface area (Å²) < 4.78 is 0. The lowest BCUT2D eigenvalue weighted by Crippen LogP contribution is -2.32. The largest absolute Gasteiger partial charge is 0.480 e. The topological polar surface area (TPSA) is 86.7 Å². The van der Waals surface area contributed by atoms with E-state index < -0.39 is 18.4 Å². The first-order valence-corrected chi connectivity index (χ1v) is 7.44. The third-order valence-electron chi connectivity index (χ3n) is 2.89. The van der Waals surface area contributed by atoms with Gasteiger partial charge in [-0.1, -0.05) is 32.4 Å². The minimum absolute atomic E-state index is 0.143. The minimum Gasteiger partial charge on any atom is -0.480 e. The highest BCUT2D eigenvalue weighted by atomic mass is 35.5. The van der Waals surface area contributed by atoms with Crippen molar-refractivity contribution in [1.29, 1.82) is 0 Å². The van der Waals surface area contributed by atoms with Gasteiger partial charge < -0.3 is 15.3 Å². The molecule has 0 atom stereocenters. The van der Waals surface area contributed by atoms with Gasteiger partial charge in [-0.15, -0.1) is 0 Å². The van der Waals surface area contributed by atoms with Crippen molar-refractivity contribution in [3.63, 3.8) is 0 Å². The first kappa shape index (κ1) is 19.0. The van der Waals surface area contributed by atoms with Gasteiger partial charge in [0.1, 0.15) is 6.54 Å². The molecule has 0 radical (unpaired) electrons. The van der Waals surface area contributed by atoms with Crippen LogP contribution in [-0.2, 0) is 9.59 Å². The Morgan fingerprint density at radius 1 is 1.26 bits per heavy atom. The number of nitrogens with zero attached hydrogens (tertiary/aromatic N) is 1. The van der Waals surface area contributed by atoms with Crippen LogP contribution < -0.4 is 5.32 Å². The molecule has 0 saturated heterocycles. The maximum absolute atomic E-state index is 12.2. The van der Waals surface area contributed by atoms with E-state index in [1.165, 1.54) is 19.2 Å². The van der Waals surface area contributed by atoms with Gasteiger partial charge in [-0.05, 0) is 23.6 Å². The maximum Gasteiger partial charge on any atom is 0.323 e. The zero-order valence-electron chi connectivity index (χ0n) is 13.6. The van der Waals surface area contributed by atoms with Crippen LogP contribution in [0.2, 0.25) is 5.02 Å². The predicted octanol–water partition coefficient (Wildman–Crippen LogP) is 2.87. The van der Waals surface area contributed by atoms with Crippen LogP contribution in [0.3, 0.4) is 0 Å². The van der Waals surface area contributed by atoms with Crippen LogP contribution in [0.25, 0.3) is 0 Å².